The van der Waals surface area contributed by atoms with Crippen LogP contribution in [0.1, 0.15) is 18.4 Å². The fourth-order valence-corrected chi connectivity index (χ4v) is 2.87. The van der Waals surface area contributed by atoms with E-state index in [2.05, 4.69) is 10.2 Å². The predicted octanol–water partition coefficient (Wildman–Crippen LogP) is 2.11. The molecule has 7 heteroatoms. The summed E-state index contributed by atoms with van der Waals surface area (Å²) >= 11 is 0. The number of benzene rings is 1. The molecule has 3 rings (SSSR count). The van der Waals surface area contributed by atoms with E-state index in [9.17, 15) is 9.59 Å². The van der Waals surface area contributed by atoms with Gasteiger partial charge in [0.15, 0.2) is 0 Å². The van der Waals surface area contributed by atoms with Crippen molar-refractivity contribution in [3.05, 3.63) is 29.8 Å². The van der Waals surface area contributed by atoms with Crippen molar-refractivity contribution in [2.75, 3.05) is 18.4 Å². The van der Waals surface area contributed by atoms with E-state index in [0.717, 1.165) is 11.3 Å². The number of nitrogens with one attached hydrogen (secondary N) is 1. The van der Waals surface area contributed by atoms with Gasteiger partial charge in [0.2, 0.25) is 0 Å². The lowest BCUT2D eigenvalue weighted by Gasteiger charge is -2.39. The number of para-hydroxylation sites is 1. The van der Waals surface area contributed by atoms with Gasteiger partial charge in [-0.15, -0.1) is 5.06 Å². The molecule has 2 aliphatic heterocycles. The summed E-state index contributed by atoms with van der Waals surface area (Å²) < 4.78 is 0. The van der Waals surface area contributed by atoms with Crippen molar-refractivity contribution in [2.24, 2.45) is 0 Å². The minimum absolute atomic E-state index is 0.0914. The van der Waals surface area contributed by atoms with Crippen molar-refractivity contribution >= 4 is 17.9 Å². The lowest BCUT2D eigenvalue weighted by Crippen LogP contribution is -2.50. The first-order valence-corrected chi connectivity index (χ1v) is 6.95. The summed E-state index contributed by atoms with van der Waals surface area (Å²) in [6, 6.07) is 7.77. The highest BCUT2D eigenvalue weighted by Gasteiger charge is 2.32. The number of amides is 2. The number of carboxylic acid groups (broad SMARTS) is 1. The van der Waals surface area contributed by atoms with E-state index in [1.807, 2.05) is 29.2 Å². The zero-order valence-corrected chi connectivity index (χ0v) is 11.5. The number of piperidine rings is 1. The van der Waals surface area contributed by atoms with Crippen LogP contribution in [0.5, 0.6) is 0 Å². The second kappa shape index (κ2) is 5.61. The van der Waals surface area contributed by atoms with Crippen LogP contribution < -0.4 is 5.32 Å². The molecule has 0 aromatic heterocycles. The number of hydrogen-bond acceptors (Lipinski definition) is 4. The number of fused-ring (bicyclic) bond motifs is 1. The molecule has 1 fully saturated rings. The van der Waals surface area contributed by atoms with Crippen molar-refractivity contribution in [2.45, 2.75) is 25.4 Å². The van der Waals surface area contributed by atoms with Crippen LogP contribution >= 0.6 is 0 Å². The van der Waals surface area contributed by atoms with Crippen LogP contribution in [0.25, 0.3) is 0 Å². The summed E-state index contributed by atoms with van der Waals surface area (Å²) in [5.41, 5.74) is 1.96. The molecule has 0 atom stereocenters. The third kappa shape index (κ3) is 2.92. The van der Waals surface area contributed by atoms with Crippen LogP contribution in [0.15, 0.2) is 24.3 Å². The van der Waals surface area contributed by atoms with Crippen molar-refractivity contribution in [1.29, 1.82) is 0 Å². The molecule has 21 heavy (non-hydrogen) atoms. The van der Waals surface area contributed by atoms with Gasteiger partial charge in [0, 0.05) is 31.4 Å². The van der Waals surface area contributed by atoms with Crippen LogP contribution in [0.2, 0.25) is 0 Å². The number of rotatable bonds is 2. The summed E-state index contributed by atoms with van der Waals surface area (Å²) in [7, 11) is 0. The molecule has 1 aromatic carbocycles. The molecule has 0 spiro atoms. The Morgan fingerprint density at radius 3 is 2.71 bits per heavy atom. The fourth-order valence-electron chi connectivity index (χ4n) is 2.87. The zero-order chi connectivity index (χ0) is 14.8. The summed E-state index contributed by atoms with van der Waals surface area (Å²) in [6.07, 6.45) is 0.101. The van der Waals surface area contributed by atoms with Gasteiger partial charge in [-0.1, -0.05) is 18.2 Å². The van der Waals surface area contributed by atoms with Crippen molar-refractivity contribution < 1.29 is 19.5 Å². The number of hydrogen-bond donors (Lipinski definition) is 2. The molecular formula is C14H17N3O4. The number of anilines is 1. The Labute approximate surface area is 122 Å². The minimum Gasteiger partial charge on any atom is -0.448 e. The maximum Gasteiger partial charge on any atom is 0.525 e. The van der Waals surface area contributed by atoms with Gasteiger partial charge in [-0.3, -0.25) is 0 Å². The molecule has 0 radical (unpaired) electrons. The van der Waals surface area contributed by atoms with Gasteiger partial charge in [0.25, 0.3) is 0 Å². The Morgan fingerprint density at radius 2 is 2.00 bits per heavy atom. The standard InChI is InChI=1S/C14H17N3O4/c18-13-15-12-4-2-1-3-10(12)9-17(13)11-5-7-16(8-6-11)21-14(19)20/h1-4,11H,5-9H2,(H,15,18)(H,19,20). The molecule has 2 N–H and O–H groups in total. The van der Waals surface area contributed by atoms with Gasteiger partial charge in [0.1, 0.15) is 0 Å². The summed E-state index contributed by atoms with van der Waals surface area (Å²) in [6.45, 7) is 1.59. The highest BCUT2D eigenvalue weighted by Crippen LogP contribution is 2.27. The third-order valence-electron chi connectivity index (χ3n) is 3.93. The van der Waals surface area contributed by atoms with E-state index in [0.29, 0.717) is 32.5 Å². The smallest absolute Gasteiger partial charge is 0.448 e. The molecule has 1 saturated heterocycles. The average molecular weight is 291 g/mol. The quantitative estimate of drug-likeness (QED) is 0.872. The summed E-state index contributed by atoms with van der Waals surface area (Å²) in [5.74, 6) is 0. The van der Waals surface area contributed by atoms with Gasteiger partial charge >= 0.3 is 12.2 Å². The van der Waals surface area contributed by atoms with Crippen LogP contribution in [0.4, 0.5) is 15.3 Å². The molecular weight excluding hydrogens is 274 g/mol. The van der Waals surface area contributed by atoms with Gasteiger partial charge in [-0.25, -0.2) is 9.59 Å². The second-order valence-corrected chi connectivity index (χ2v) is 5.23. The molecule has 7 nitrogen and oxygen atoms in total. The van der Waals surface area contributed by atoms with E-state index in [-0.39, 0.29) is 12.1 Å². The van der Waals surface area contributed by atoms with E-state index in [4.69, 9.17) is 5.11 Å². The fraction of sp³-hybridized carbons (Fsp3) is 0.429. The first-order chi connectivity index (χ1) is 10.1. The lowest BCUT2D eigenvalue weighted by molar-refractivity contribution is -0.136. The largest absolute Gasteiger partial charge is 0.525 e. The second-order valence-electron chi connectivity index (χ2n) is 5.23. The van der Waals surface area contributed by atoms with E-state index >= 15 is 0 Å². The minimum atomic E-state index is -1.29. The third-order valence-corrected chi connectivity index (χ3v) is 3.93. The molecule has 2 aliphatic rings. The normalized spacial score (nSPS) is 19.8. The molecule has 2 amide bonds. The van der Waals surface area contributed by atoms with Gasteiger partial charge in [-0.2, -0.15) is 0 Å². The monoisotopic (exact) mass is 291 g/mol. The molecule has 0 unspecified atom stereocenters. The highest BCUT2D eigenvalue weighted by atomic mass is 16.8. The first kappa shape index (κ1) is 13.7. The maximum absolute atomic E-state index is 12.2. The van der Waals surface area contributed by atoms with Gasteiger partial charge in [-0.05, 0) is 24.5 Å². The number of carbonyl (C=O) groups is 2. The average Bonchev–Trinajstić information content (AvgIpc) is 2.47. The topological polar surface area (TPSA) is 82.1 Å². The van der Waals surface area contributed by atoms with Crippen molar-refractivity contribution in [1.82, 2.24) is 9.96 Å². The molecule has 0 saturated carbocycles. The predicted molar refractivity (Wildman–Crippen MR) is 74.7 cm³/mol. The van der Waals surface area contributed by atoms with Crippen LogP contribution in [-0.2, 0) is 11.4 Å². The van der Waals surface area contributed by atoms with Crippen LogP contribution in [0, 0.1) is 0 Å². The Hall–Kier alpha value is -2.28. The van der Waals surface area contributed by atoms with E-state index < -0.39 is 6.16 Å². The van der Waals surface area contributed by atoms with Gasteiger partial charge < -0.3 is 20.2 Å². The Bertz CT molecular complexity index is 555. The zero-order valence-electron chi connectivity index (χ0n) is 11.5. The Balaban J connectivity index is 1.64. The summed E-state index contributed by atoms with van der Waals surface area (Å²) in [4.78, 5) is 29.2. The van der Waals surface area contributed by atoms with E-state index in [1.165, 1.54) is 5.06 Å². The number of carbonyl (C=O) groups excluding carboxylic acids is 1. The van der Waals surface area contributed by atoms with Crippen molar-refractivity contribution in [3.8, 4) is 0 Å². The SMILES string of the molecule is O=C(O)ON1CCC(N2Cc3ccccc3NC2=O)CC1. The number of hydroxylamine groups is 2. The Morgan fingerprint density at radius 1 is 1.29 bits per heavy atom. The Kier molecular flexibility index (Phi) is 3.66. The molecule has 2 heterocycles. The number of nitrogens with zero attached hydrogens (tertiary/aromatic N) is 2. The molecule has 0 bridgehead atoms. The number of urea groups is 1. The maximum atomic E-state index is 12.2. The van der Waals surface area contributed by atoms with Crippen LogP contribution in [0.3, 0.4) is 0 Å². The molecule has 1 aromatic rings. The van der Waals surface area contributed by atoms with Gasteiger partial charge in [0.05, 0.1) is 0 Å². The first-order valence-electron chi connectivity index (χ1n) is 6.95. The molecule has 0 aliphatic carbocycles. The van der Waals surface area contributed by atoms with Crippen molar-refractivity contribution in [3.63, 3.8) is 0 Å². The van der Waals surface area contributed by atoms with E-state index in [1.54, 1.807) is 0 Å². The lowest BCUT2D eigenvalue weighted by atomic mass is 10.0. The highest BCUT2D eigenvalue weighted by molar-refractivity contribution is 5.92. The molecule has 112 valence electrons. The summed E-state index contributed by atoms with van der Waals surface area (Å²) in [5, 5.41) is 12.9. The van der Waals surface area contributed by atoms with Crippen LogP contribution in [-0.4, -0.2) is 46.4 Å².